The van der Waals surface area contributed by atoms with E-state index in [1.807, 2.05) is 0 Å². The number of nitrogens with one attached hydrogen (secondary N) is 1. The molecule has 1 saturated heterocycles. The van der Waals surface area contributed by atoms with Crippen LogP contribution in [0.25, 0.3) is 0 Å². The van der Waals surface area contributed by atoms with Crippen molar-refractivity contribution >= 4 is 11.9 Å². The zero-order valence-corrected chi connectivity index (χ0v) is 14.1. The Labute approximate surface area is 145 Å². The number of rotatable bonds is 5. The summed E-state index contributed by atoms with van der Waals surface area (Å²) in [5, 5.41) is 32.2. The van der Waals surface area contributed by atoms with Gasteiger partial charge in [-0.05, 0) is 24.6 Å². The smallest absolute Gasteiger partial charge is 0.338 e. The number of carbonyl (C=O) groups excluding carboxylic acids is 2. The molecule has 1 heterocycles. The summed E-state index contributed by atoms with van der Waals surface area (Å²) >= 11 is 0. The highest BCUT2D eigenvalue weighted by atomic mass is 16.5. The van der Waals surface area contributed by atoms with E-state index in [0.717, 1.165) is 0 Å². The number of carbonyl (C=O) groups is 2. The van der Waals surface area contributed by atoms with Crippen LogP contribution in [0, 0.1) is 0 Å². The lowest BCUT2D eigenvalue weighted by molar-refractivity contribution is -0.197. The number of ether oxygens (including phenoxy) is 2. The Hall–Kier alpha value is -2.00. The minimum atomic E-state index is -1.34. The second-order valence-electron chi connectivity index (χ2n) is 5.83. The van der Waals surface area contributed by atoms with E-state index < -0.39 is 48.9 Å². The fourth-order valence-corrected chi connectivity index (χ4v) is 2.82. The van der Waals surface area contributed by atoms with Crippen LogP contribution in [0.15, 0.2) is 24.3 Å². The van der Waals surface area contributed by atoms with Gasteiger partial charge in [-0.25, -0.2) is 4.79 Å². The third kappa shape index (κ3) is 4.35. The van der Waals surface area contributed by atoms with Crippen molar-refractivity contribution in [2.24, 2.45) is 0 Å². The monoisotopic (exact) mass is 353 g/mol. The molecule has 1 amide bonds. The Kier molecular flexibility index (Phi) is 6.49. The van der Waals surface area contributed by atoms with Gasteiger partial charge < -0.3 is 30.1 Å². The summed E-state index contributed by atoms with van der Waals surface area (Å²) in [6.45, 7) is 2.78. The van der Waals surface area contributed by atoms with Gasteiger partial charge in [-0.2, -0.15) is 0 Å². The van der Waals surface area contributed by atoms with Crippen molar-refractivity contribution in [2.75, 3.05) is 13.2 Å². The summed E-state index contributed by atoms with van der Waals surface area (Å²) in [5.74, 6) is -0.851. The molecule has 5 atom stereocenters. The van der Waals surface area contributed by atoms with Crippen LogP contribution in [-0.2, 0) is 14.3 Å². The first-order chi connectivity index (χ1) is 11.9. The molecule has 25 heavy (non-hydrogen) atoms. The van der Waals surface area contributed by atoms with Gasteiger partial charge in [0.25, 0.3) is 0 Å². The number of amides is 1. The molecule has 0 bridgehead atoms. The zero-order valence-electron chi connectivity index (χ0n) is 14.1. The Morgan fingerprint density at radius 3 is 2.36 bits per heavy atom. The first kappa shape index (κ1) is 19.3. The molecule has 0 saturated carbocycles. The minimum absolute atomic E-state index is 0.263. The highest BCUT2D eigenvalue weighted by Crippen LogP contribution is 2.32. The minimum Gasteiger partial charge on any atom is -0.462 e. The molecule has 0 aromatic heterocycles. The largest absolute Gasteiger partial charge is 0.462 e. The van der Waals surface area contributed by atoms with Crippen LogP contribution in [0.3, 0.4) is 0 Å². The van der Waals surface area contributed by atoms with Crippen molar-refractivity contribution in [3.8, 4) is 0 Å². The molecule has 8 heteroatoms. The fourth-order valence-electron chi connectivity index (χ4n) is 2.82. The van der Waals surface area contributed by atoms with Crippen LogP contribution < -0.4 is 5.32 Å². The lowest BCUT2D eigenvalue weighted by atomic mass is 9.88. The molecular formula is C17H23NO7. The van der Waals surface area contributed by atoms with Gasteiger partial charge in [-0.3, -0.25) is 4.79 Å². The molecule has 1 aliphatic rings. The van der Waals surface area contributed by atoms with Crippen LogP contribution in [0.5, 0.6) is 0 Å². The summed E-state index contributed by atoms with van der Waals surface area (Å²) in [7, 11) is 0. The first-order valence-electron chi connectivity index (χ1n) is 8.05. The van der Waals surface area contributed by atoms with Crippen LogP contribution in [0.1, 0.15) is 35.9 Å². The van der Waals surface area contributed by atoms with Gasteiger partial charge in [0.2, 0.25) is 5.91 Å². The van der Waals surface area contributed by atoms with Gasteiger partial charge >= 0.3 is 5.97 Å². The first-order valence-corrected chi connectivity index (χ1v) is 8.05. The van der Waals surface area contributed by atoms with Crippen molar-refractivity contribution in [1.29, 1.82) is 0 Å². The Morgan fingerprint density at radius 1 is 1.20 bits per heavy atom. The highest BCUT2D eigenvalue weighted by molar-refractivity contribution is 5.89. The van der Waals surface area contributed by atoms with Crippen molar-refractivity contribution in [3.05, 3.63) is 35.4 Å². The molecule has 4 N–H and O–H groups in total. The van der Waals surface area contributed by atoms with E-state index in [9.17, 15) is 24.9 Å². The van der Waals surface area contributed by atoms with Gasteiger partial charge in [0.15, 0.2) is 0 Å². The van der Waals surface area contributed by atoms with Crippen molar-refractivity contribution < 1.29 is 34.4 Å². The van der Waals surface area contributed by atoms with Gasteiger partial charge in [-0.15, -0.1) is 0 Å². The lowest BCUT2D eigenvalue weighted by Crippen LogP contribution is -2.60. The van der Waals surface area contributed by atoms with Crippen molar-refractivity contribution in [1.82, 2.24) is 5.32 Å². The number of hydrogen-bond acceptors (Lipinski definition) is 7. The van der Waals surface area contributed by atoms with E-state index in [2.05, 4.69) is 5.32 Å². The summed E-state index contributed by atoms with van der Waals surface area (Å²) in [6, 6.07) is 5.43. The molecule has 0 unspecified atom stereocenters. The maximum atomic E-state index is 11.7. The molecule has 8 nitrogen and oxygen atoms in total. The molecule has 2 rings (SSSR count). The zero-order chi connectivity index (χ0) is 18.6. The number of benzene rings is 1. The normalized spacial score (nSPS) is 29.1. The summed E-state index contributed by atoms with van der Waals surface area (Å²) in [4.78, 5) is 23.2. The Bertz CT molecular complexity index is 604. The number of esters is 1. The van der Waals surface area contributed by atoms with Crippen LogP contribution in [0.2, 0.25) is 0 Å². The second kappa shape index (κ2) is 8.39. The van der Waals surface area contributed by atoms with E-state index in [1.165, 1.54) is 6.92 Å². The van der Waals surface area contributed by atoms with E-state index in [-0.39, 0.29) is 6.61 Å². The molecule has 1 fully saturated rings. The van der Waals surface area contributed by atoms with Crippen LogP contribution in [-0.4, -0.2) is 64.8 Å². The average Bonchev–Trinajstić information content (AvgIpc) is 2.59. The van der Waals surface area contributed by atoms with Gasteiger partial charge in [0.1, 0.15) is 24.4 Å². The SMILES string of the molecule is CCOC(=O)c1ccc([C@@H]2O[C@H](CO)[C@@H](O)[C@H](O)[C@@H]2NC(C)=O)cc1. The van der Waals surface area contributed by atoms with E-state index in [1.54, 1.807) is 31.2 Å². The maximum Gasteiger partial charge on any atom is 0.338 e. The Morgan fingerprint density at radius 2 is 1.84 bits per heavy atom. The van der Waals surface area contributed by atoms with Crippen molar-refractivity contribution in [3.63, 3.8) is 0 Å². The second-order valence-corrected chi connectivity index (χ2v) is 5.83. The topological polar surface area (TPSA) is 125 Å². The van der Waals surface area contributed by atoms with Crippen molar-refractivity contribution in [2.45, 2.75) is 44.3 Å². The average molecular weight is 353 g/mol. The quantitative estimate of drug-likeness (QED) is 0.527. The number of aliphatic hydroxyl groups is 3. The summed E-state index contributed by atoms with van der Waals surface area (Å²) in [5.41, 5.74) is 0.938. The van der Waals surface area contributed by atoms with Gasteiger partial charge in [0, 0.05) is 6.92 Å². The molecule has 0 radical (unpaired) electrons. The summed E-state index contributed by atoms with van der Waals surface area (Å²) < 4.78 is 10.6. The number of hydrogen-bond donors (Lipinski definition) is 4. The third-order valence-corrected chi connectivity index (χ3v) is 4.05. The Balaban J connectivity index is 2.28. The predicted octanol–water partition coefficient (Wildman–Crippen LogP) is -0.478. The molecule has 0 spiro atoms. The molecular weight excluding hydrogens is 330 g/mol. The standard InChI is InChI=1S/C17H23NO7/c1-3-24-17(23)11-6-4-10(5-7-11)16-13(18-9(2)20)15(22)14(21)12(8-19)25-16/h4-7,12-16,19,21-22H,3,8H2,1-2H3,(H,18,20)/t12-,13+,14-,15-,16+/m1/s1. The highest BCUT2D eigenvalue weighted by Gasteiger charge is 2.45. The van der Waals surface area contributed by atoms with Crippen LogP contribution in [0.4, 0.5) is 0 Å². The number of aliphatic hydroxyl groups excluding tert-OH is 3. The van der Waals surface area contributed by atoms with Gasteiger partial charge in [0.05, 0.1) is 24.8 Å². The lowest BCUT2D eigenvalue weighted by Gasteiger charge is -2.42. The molecule has 0 aliphatic carbocycles. The van der Waals surface area contributed by atoms with E-state index in [4.69, 9.17) is 9.47 Å². The molecule has 1 aromatic carbocycles. The maximum absolute atomic E-state index is 11.7. The molecule has 1 aliphatic heterocycles. The van der Waals surface area contributed by atoms with E-state index >= 15 is 0 Å². The summed E-state index contributed by atoms with van der Waals surface area (Å²) in [6.07, 6.45) is -4.44. The van der Waals surface area contributed by atoms with E-state index in [0.29, 0.717) is 11.1 Å². The molecule has 138 valence electrons. The van der Waals surface area contributed by atoms with Crippen LogP contribution >= 0.6 is 0 Å². The van der Waals surface area contributed by atoms with Gasteiger partial charge in [-0.1, -0.05) is 12.1 Å². The predicted molar refractivity (Wildman–Crippen MR) is 86.7 cm³/mol. The fraction of sp³-hybridized carbons (Fsp3) is 0.529. The third-order valence-electron chi connectivity index (χ3n) is 4.05. The molecule has 1 aromatic rings.